The monoisotopic (exact) mass is 381 g/mol. The summed E-state index contributed by atoms with van der Waals surface area (Å²) in [5.41, 5.74) is 1.07. The number of carbonyl (C=O) groups excluding carboxylic acids is 1. The van der Waals surface area contributed by atoms with Gasteiger partial charge in [0.05, 0.1) is 23.5 Å². The summed E-state index contributed by atoms with van der Waals surface area (Å²) < 4.78 is 55.0. The number of aromatic nitrogens is 2. The average Bonchev–Trinajstić information content (AvgIpc) is 3.05. The average molecular weight is 381 g/mol. The van der Waals surface area contributed by atoms with Crippen LogP contribution in [0.3, 0.4) is 0 Å². The van der Waals surface area contributed by atoms with E-state index in [1.807, 2.05) is 0 Å². The lowest BCUT2D eigenvalue weighted by atomic mass is 10.1. The molecule has 0 radical (unpaired) electrons. The SMILES string of the molecule is CC(NC(=O)c1c[nH]c2cccc(F)c12)c1ccc(OCC(F)(F)F)cn1. The predicted molar refractivity (Wildman–Crippen MR) is 89.9 cm³/mol. The maximum Gasteiger partial charge on any atom is 0.422 e. The Balaban J connectivity index is 1.69. The van der Waals surface area contributed by atoms with E-state index in [1.165, 1.54) is 30.5 Å². The minimum Gasteiger partial charge on any atom is -0.483 e. The van der Waals surface area contributed by atoms with Crippen LogP contribution in [0, 0.1) is 5.82 Å². The van der Waals surface area contributed by atoms with Crippen molar-refractivity contribution in [1.82, 2.24) is 15.3 Å². The number of hydrogen-bond donors (Lipinski definition) is 2. The van der Waals surface area contributed by atoms with Gasteiger partial charge in [-0.05, 0) is 31.2 Å². The highest BCUT2D eigenvalue weighted by atomic mass is 19.4. The molecule has 3 aromatic rings. The Morgan fingerprint density at radius 3 is 2.74 bits per heavy atom. The molecule has 1 unspecified atom stereocenters. The van der Waals surface area contributed by atoms with E-state index in [4.69, 9.17) is 0 Å². The topological polar surface area (TPSA) is 67.0 Å². The molecule has 1 atom stereocenters. The second-order valence-corrected chi connectivity index (χ2v) is 5.88. The molecule has 0 aliphatic carbocycles. The number of fused-ring (bicyclic) bond motifs is 1. The zero-order valence-electron chi connectivity index (χ0n) is 14.1. The third kappa shape index (κ3) is 4.36. The molecule has 2 aromatic heterocycles. The van der Waals surface area contributed by atoms with Gasteiger partial charge in [0.2, 0.25) is 0 Å². The quantitative estimate of drug-likeness (QED) is 0.653. The molecule has 0 fully saturated rings. The van der Waals surface area contributed by atoms with Crippen molar-refractivity contribution in [2.24, 2.45) is 0 Å². The molecule has 0 bridgehead atoms. The van der Waals surface area contributed by atoms with E-state index in [-0.39, 0.29) is 16.7 Å². The number of halogens is 4. The summed E-state index contributed by atoms with van der Waals surface area (Å²) in [5, 5.41) is 2.87. The van der Waals surface area contributed by atoms with Crippen molar-refractivity contribution < 1.29 is 27.1 Å². The molecule has 3 rings (SSSR count). The van der Waals surface area contributed by atoms with E-state index < -0.39 is 30.5 Å². The first-order chi connectivity index (χ1) is 12.7. The Kier molecular flexibility index (Phi) is 5.02. The number of carbonyl (C=O) groups is 1. The van der Waals surface area contributed by atoms with E-state index in [0.29, 0.717) is 11.2 Å². The van der Waals surface area contributed by atoms with Gasteiger partial charge in [0, 0.05) is 17.1 Å². The standard InChI is InChI=1S/C18H15F4N3O2/c1-10(14-6-5-11(7-23-14)27-9-18(20,21)22)25-17(26)12-8-24-15-4-2-3-13(19)16(12)15/h2-8,10,24H,9H2,1H3,(H,25,26). The van der Waals surface area contributed by atoms with Crippen LogP contribution in [0.25, 0.3) is 10.9 Å². The lowest BCUT2D eigenvalue weighted by Crippen LogP contribution is -2.27. The number of aromatic amines is 1. The summed E-state index contributed by atoms with van der Waals surface area (Å²) >= 11 is 0. The zero-order chi connectivity index (χ0) is 19.6. The number of benzene rings is 1. The number of alkyl halides is 3. The van der Waals surface area contributed by atoms with E-state index in [9.17, 15) is 22.4 Å². The number of nitrogens with one attached hydrogen (secondary N) is 2. The van der Waals surface area contributed by atoms with Gasteiger partial charge in [-0.1, -0.05) is 6.07 Å². The molecule has 5 nitrogen and oxygen atoms in total. The molecule has 0 spiro atoms. The molecule has 2 heterocycles. The van der Waals surface area contributed by atoms with Gasteiger partial charge in [-0.15, -0.1) is 0 Å². The van der Waals surface area contributed by atoms with Crippen LogP contribution in [-0.2, 0) is 0 Å². The second kappa shape index (κ2) is 7.26. The fraction of sp³-hybridized carbons (Fsp3) is 0.222. The Bertz CT molecular complexity index is 951. The number of H-pyrrole nitrogens is 1. The van der Waals surface area contributed by atoms with Gasteiger partial charge in [-0.25, -0.2) is 4.39 Å². The Morgan fingerprint density at radius 1 is 1.30 bits per heavy atom. The first-order valence-electron chi connectivity index (χ1n) is 7.96. The summed E-state index contributed by atoms with van der Waals surface area (Å²) in [7, 11) is 0. The predicted octanol–water partition coefficient (Wildman–Crippen LogP) is 4.13. The van der Waals surface area contributed by atoms with Crippen LogP contribution in [0.5, 0.6) is 5.75 Å². The molecular weight excluding hydrogens is 366 g/mol. The smallest absolute Gasteiger partial charge is 0.422 e. The summed E-state index contributed by atoms with van der Waals surface area (Å²) in [5.74, 6) is -1.05. The maximum atomic E-state index is 14.0. The first-order valence-corrected chi connectivity index (χ1v) is 7.96. The normalized spacial score (nSPS) is 12.8. The fourth-order valence-corrected chi connectivity index (χ4v) is 2.57. The highest BCUT2D eigenvalue weighted by Gasteiger charge is 2.28. The van der Waals surface area contributed by atoms with Gasteiger partial charge in [0.1, 0.15) is 11.6 Å². The van der Waals surface area contributed by atoms with Crippen LogP contribution >= 0.6 is 0 Å². The van der Waals surface area contributed by atoms with Gasteiger partial charge in [-0.2, -0.15) is 13.2 Å². The van der Waals surface area contributed by atoms with Crippen LogP contribution in [0.1, 0.15) is 29.0 Å². The van der Waals surface area contributed by atoms with Crippen molar-refractivity contribution in [1.29, 1.82) is 0 Å². The fourth-order valence-electron chi connectivity index (χ4n) is 2.57. The molecule has 1 amide bonds. The molecule has 0 saturated heterocycles. The molecule has 2 N–H and O–H groups in total. The van der Waals surface area contributed by atoms with Gasteiger partial charge >= 0.3 is 6.18 Å². The molecule has 1 aromatic carbocycles. The van der Waals surface area contributed by atoms with E-state index in [0.717, 1.165) is 6.20 Å². The lowest BCUT2D eigenvalue weighted by Gasteiger charge is -2.14. The van der Waals surface area contributed by atoms with Gasteiger partial charge < -0.3 is 15.0 Å². The van der Waals surface area contributed by atoms with E-state index in [2.05, 4.69) is 20.0 Å². The number of amides is 1. The summed E-state index contributed by atoms with van der Waals surface area (Å²) in [4.78, 5) is 19.3. The van der Waals surface area contributed by atoms with Crippen molar-refractivity contribution in [2.75, 3.05) is 6.61 Å². The van der Waals surface area contributed by atoms with Crippen molar-refractivity contribution >= 4 is 16.8 Å². The molecule has 0 saturated carbocycles. The second-order valence-electron chi connectivity index (χ2n) is 5.88. The van der Waals surface area contributed by atoms with E-state index in [1.54, 1.807) is 13.0 Å². The number of nitrogens with zero attached hydrogens (tertiary/aromatic N) is 1. The van der Waals surface area contributed by atoms with Gasteiger partial charge in [0.25, 0.3) is 5.91 Å². The molecule has 142 valence electrons. The molecule has 9 heteroatoms. The Hall–Kier alpha value is -3.10. The Labute approximate surface area is 151 Å². The third-order valence-corrected chi connectivity index (χ3v) is 3.85. The Morgan fingerprint density at radius 2 is 2.07 bits per heavy atom. The summed E-state index contributed by atoms with van der Waals surface area (Å²) in [6.45, 7) is 0.244. The van der Waals surface area contributed by atoms with Gasteiger partial charge in [-0.3, -0.25) is 9.78 Å². The van der Waals surface area contributed by atoms with E-state index >= 15 is 0 Å². The molecular formula is C18H15F4N3O2. The van der Waals surface area contributed by atoms with Crippen LogP contribution in [-0.4, -0.2) is 28.7 Å². The lowest BCUT2D eigenvalue weighted by molar-refractivity contribution is -0.153. The molecule has 0 aliphatic rings. The maximum absolute atomic E-state index is 14.0. The zero-order valence-corrected chi connectivity index (χ0v) is 14.1. The minimum absolute atomic E-state index is 0.0340. The number of rotatable bonds is 5. The van der Waals surface area contributed by atoms with Crippen LogP contribution in [0.4, 0.5) is 17.6 Å². The van der Waals surface area contributed by atoms with Gasteiger partial charge in [0.15, 0.2) is 6.61 Å². The van der Waals surface area contributed by atoms with Crippen molar-refractivity contribution in [3.05, 3.63) is 59.8 Å². The summed E-state index contributed by atoms with van der Waals surface area (Å²) in [6.07, 6.45) is -1.87. The molecule has 0 aliphatic heterocycles. The third-order valence-electron chi connectivity index (χ3n) is 3.85. The highest BCUT2D eigenvalue weighted by molar-refractivity contribution is 6.07. The number of hydrogen-bond acceptors (Lipinski definition) is 3. The minimum atomic E-state index is -4.44. The van der Waals surface area contributed by atoms with Crippen molar-refractivity contribution in [2.45, 2.75) is 19.1 Å². The largest absolute Gasteiger partial charge is 0.483 e. The van der Waals surface area contributed by atoms with Crippen molar-refractivity contribution in [3.8, 4) is 5.75 Å². The summed E-state index contributed by atoms with van der Waals surface area (Å²) in [6, 6.07) is 6.68. The molecule has 27 heavy (non-hydrogen) atoms. The van der Waals surface area contributed by atoms with Crippen LogP contribution in [0.15, 0.2) is 42.7 Å². The van der Waals surface area contributed by atoms with Crippen LogP contribution < -0.4 is 10.1 Å². The first kappa shape index (κ1) is 18.7. The van der Waals surface area contributed by atoms with Crippen molar-refractivity contribution in [3.63, 3.8) is 0 Å². The number of ether oxygens (including phenoxy) is 1. The van der Waals surface area contributed by atoms with Crippen LogP contribution in [0.2, 0.25) is 0 Å². The highest BCUT2D eigenvalue weighted by Crippen LogP contribution is 2.23. The number of pyridine rings is 1.